The largest absolute Gasteiger partial charge is 0.325 e. The number of carbonyl (C=O) groups is 1. The number of anilines is 1. The molecule has 0 bridgehead atoms. The van der Waals surface area contributed by atoms with Crippen molar-refractivity contribution in [3.8, 4) is 0 Å². The number of benzene rings is 2. The van der Waals surface area contributed by atoms with Crippen molar-refractivity contribution in [3.63, 3.8) is 0 Å². The van der Waals surface area contributed by atoms with Crippen molar-refractivity contribution in [1.82, 2.24) is 4.31 Å². The molecular formula is C22H30N3O3S+. The number of amides is 1. The Bertz CT molecular complexity index is 981. The zero-order chi connectivity index (χ0) is 21.0. The van der Waals surface area contributed by atoms with Crippen LogP contribution >= 0.6 is 0 Å². The van der Waals surface area contributed by atoms with Gasteiger partial charge < -0.3 is 10.2 Å². The lowest BCUT2D eigenvalue weighted by Gasteiger charge is -2.31. The smallest absolute Gasteiger partial charge is 0.279 e. The zero-order valence-corrected chi connectivity index (χ0v) is 18.2. The molecule has 6 nitrogen and oxygen atoms in total. The van der Waals surface area contributed by atoms with Gasteiger partial charge in [-0.3, -0.25) is 4.79 Å². The van der Waals surface area contributed by atoms with Crippen molar-refractivity contribution in [3.05, 3.63) is 59.2 Å². The van der Waals surface area contributed by atoms with Crippen LogP contribution in [0.2, 0.25) is 0 Å². The minimum atomic E-state index is -3.50. The van der Waals surface area contributed by atoms with E-state index in [1.807, 2.05) is 50.2 Å². The number of quaternary nitrogens is 1. The first kappa shape index (κ1) is 21.5. The van der Waals surface area contributed by atoms with E-state index in [-0.39, 0.29) is 5.91 Å². The highest BCUT2D eigenvalue weighted by Crippen LogP contribution is 2.21. The number of rotatable bonds is 6. The first-order valence-corrected chi connectivity index (χ1v) is 11.5. The molecule has 2 N–H and O–H groups in total. The summed E-state index contributed by atoms with van der Waals surface area (Å²) in [4.78, 5) is 13.9. The van der Waals surface area contributed by atoms with E-state index in [1.54, 1.807) is 10.4 Å². The van der Waals surface area contributed by atoms with Gasteiger partial charge in [0.1, 0.15) is 0 Å². The van der Waals surface area contributed by atoms with Crippen molar-refractivity contribution in [1.29, 1.82) is 0 Å². The van der Waals surface area contributed by atoms with Gasteiger partial charge in [-0.25, -0.2) is 8.42 Å². The van der Waals surface area contributed by atoms with Crippen LogP contribution in [0.15, 0.2) is 47.4 Å². The molecule has 1 saturated heterocycles. The summed E-state index contributed by atoms with van der Waals surface area (Å²) in [5.41, 5.74) is 3.69. The maximum atomic E-state index is 13.0. The van der Waals surface area contributed by atoms with Crippen LogP contribution in [0.4, 0.5) is 5.69 Å². The molecule has 1 amide bonds. The second-order valence-corrected chi connectivity index (χ2v) is 9.61. The van der Waals surface area contributed by atoms with Crippen LogP contribution in [0.25, 0.3) is 0 Å². The van der Waals surface area contributed by atoms with Crippen molar-refractivity contribution in [2.75, 3.05) is 38.0 Å². The van der Waals surface area contributed by atoms with Gasteiger partial charge in [-0.05, 0) is 55.2 Å². The molecule has 2 aromatic rings. The highest BCUT2D eigenvalue weighted by Gasteiger charge is 2.32. The number of sulfonamides is 1. The quantitative estimate of drug-likeness (QED) is 0.748. The predicted molar refractivity (Wildman–Crippen MR) is 115 cm³/mol. The van der Waals surface area contributed by atoms with Gasteiger partial charge in [0.05, 0.1) is 31.1 Å². The second kappa shape index (κ2) is 9.07. The van der Waals surface area contributed by atoms with Gasteiger partial charge in [0.25, 0.3) is 5.91 Å². The molecule has 7 heteroatoms. The molecule has 1 aliphatic rings. The van der Waals surface area contributed by atoms with Crippen molar-refractivity contribution in [2.24, 2.45) is 0 Å². The fraction of sp³-hybridized carbons (Fsp3) is 0.409. The predicted octanol–water partition coefficient (Wildman–Crippen LogP) is 1.39. The van der Waals surface area contributed by atoms with Gasteiger partial charge in [-0.15, -0.1) is 0 Å². The van der Waals surface area contributed by atoms with E-state index in [2.05, 4.69) is 12.2 Å². The summed E-state index contributed by atoms with van der Waals surface area (Å²) in [6.45, 7) is 8.22. The molecule has 29 heavy (non-hydrogen) atoms. The van der Waals surface area contributed by atoms with Crippen LogP contribution in [-0.4, -0.2) is 51.4 Å². The number of hydrogen-bond donors (Lipinski definition) is 2. The van der Waals surface area contributed by atoms with Gasteiger partial charge in [0.2, 0.25) is 10.0 Å². The summed E-state index contributed by atoms with van der Waals surface area (Å²) < 4.78 is 27.6. The maximum absolute atomic E-state index is 13.0. The number of carbonyl (C=O) groups excluding carboxylic acids is 1. The van der Waals surface area contributed by atoms with Gasteiger partial charge in [0.15, 0.2) is 6.54 Å². The Balaban J connectivity index is 1.57. The molecule has 2 aromatic carbocycles. The zero-order valence-electron chi connectivity index (χ0n) is 17.4. The van der Waals surface area contributed by atoms with Crippen LogP contribution in [-0.2, 0) is 21.2 Å². The third-order valence-corrected chi connectivity index (χ3v) is 7.46. The van der Waals surface area contributed by atoms with Crippen LogP contribution in [0.1, 0.15) is 23.6 Å². The summed E-state index contributed by atoms with van der Waals surface area (Å²) in [5, 5.41) is 2.95. The lowest BCUT2D eigenvalue weighted by atomic mass is 10.1. The molecule has 3 rings (SSSR count). The SMILES string of the molecule is CCc1cccc(NC(=O)C[NH+]2CCN(S(=O)(=O)c3cc(C)ccc3C)CC2)c1. The van der Waals surface area contributed by atoms with Crippen LogP contribution in [0.3, 0.4) is 0 Å². The monoisotopic (exact) mass is 416 g/mol. The topological polar surface area (TPSA) is 70.9 Å². The minimum Gasteiger partial charge on any atom is -0.325 e. The lowest BCUT2D eigenvalue weighted by molar-refractivity contribution is -0.895. The van der Waals surface area contributed by atoms with Crippen LogP contribution < -0.4 is 10.2 Å². The van der Waals surface area contributed by atoms with E-state index in [0.29, 0.717) is 37.6 Å². The highest BCUT2D eigenvalue weighted by atomic mass is 32.2. The molecule has 0 saturated carbocycles. The van der Waals surface area contributed by atoms with E-state index >= 15 is 0 Å². The highest BCUT2D eigenvalue weighted by molar-refractivity contribution is 7.89. The molecule has 0 radical (unpaired) electrons. The van der Waals surface area contributed by atoms with E-state index in [1.165, 1.54) is 5.56 Å². The Morgan fingerprint density at radius 3 is 2.52 bits per heavy atom. The fourth-order valence-electron chi connectivity index (χ4n) is 3.65. The minimum absolute atomic E-state index is 0.0425. The van der Waals surface area contributed by atoms with E-state index < -0.39 is 10.0 Å². The Morgan fingerprint density at radius 1 is 1.10 bits per heavy atom. The number of nitrogens with zero attached hydrogens (tertiary/aromatic N) is 1. The molecule has 1 heterocycles. The van der Waals surface area contributed by atoms with Crippen LogP contribution in [0, 0.1) is 13.8 Å². The molecule has 1 aliphatic heterocycles. The normalized spacial score (nSPS) is 16.0. The summed E-state index contributed by atoms with van der Waals surface area (Å²) in [7, 11) is -3.50. The molecule has 0 spiro atoms. The van der Waals surface area contributed by atoms with E-state index in [9.17, 15) is 13.2 Å². The van der Waals surface area contributed by atoms with Crippen molar-refractivity contribution >= 4 is 21.6 Å². The number of hydrogen-bond acceptors (Lipinski definition) is 3. The Morgan fingerprint density at radius 2 is 1.83 bits per heavy atom. The third kappa shape index (κ3) is 5.23. The van der Waals surface area contributed by atoms with Crippen LogP contribution in [0.5, 0.6) is 0 Å². The Hall–Kier alpha value is -2.22. The first-order chi connectivity index (χ1) is 13.8. The standard InChI is InChI=1S/C22H29N3O3S/c1-4-19-6-5-7-20(15-19)23-22(26)16-24-10-12-25(13-11-24)29(27,28)21-14-17(2)8-9-18(21)3/h5-9,14-15H,4,10-13,16H2,1-3H3,(H,23,26)/p+1. The van der Waals surface area contributed by atoms with Crippen molar-refractivity contribution in [2.45, 2.75) is 32.1 Å². The Labute approximate surface area is 173 Å². The molecule has 1 fully saturated rings. The van der Waals surface area contributed by atoms with Gasteiger partial charge >= 0.3 is 0 Å². The van der Waals surface area contributed by atoms with Crippen molar-refractivity contribution < 1.29 is 18.1 Å². The summed E-state index contributed by atoms with van der Waals surface area (Å²) >= 11 is 0. The summed E-state index contributed by atoms with van der Waals surface area (Å²) in [6.07, 6.45) is 0.922. The van der Waals surface area contributed by atoms with Gasteiger partial charge in [-0.2, -0.15) is 4.31 Å². The second-order valence-electron chi connectivity index (χ2n) is 7.70. The average molecular weight is 417 g/mol. The number of nitrogens with one attached hydrogen (secondary N) is 2. The Kier molecular flexibility index (Phi) is 6.72. The third-order valence-electron chi connectivity index (χ3n) is 5.42. The summed E-state index contributed by atoms with van der Waals surface area (Å²) in [6, 6.07) is 13.4. The number of aryl methyl sites for hydroxylation is 3. The van der Waals surface area contributed by atoms with Gasteiger partial charge in [-0.1, -0.05) is 31.2 Å². The fourth-order valence-corrected chi connectivity index (χ4v) is 5.40. The van der Waals surface area contributed by atoms with Gasteiger partial charge in [0, 0.05) is 5.69 Å². The molecular weight excluding hydrogens is 386 g/mol. The first-order valence-electron chi connectivity index (χ1n) is 10.1. The average Bonchev–Trinajstić information content (AvgIpc) is 2.70. The molecule has 0 unspecified atom stereocenters. The molecule has 0 aliphatic carbocycles. The van der Waals surface area contributed by atoms with E-state index in [0.717, 1.165) is 28.1 Å². The molecule has 0 aromatic heterocycles. The molecule has 156 valence electrons. The number of piperazine rings is 1. The molecule has 0 atom stereocenters. The maximum Gasteiger partial charge on any atom is 0.279 e. The van der Waals surface area contributed by atoms with E-state index in [4.69, 9.17) is 0 Å². The summed E-state index contributed by atoms with van der Waals surface area (Å²) in [5.74, 6) is -0.0425. The lowest BCUT2D eigenvalue weighted by Crippen LogP contribution is -3.15.